The lowest BCUT2D eigenvalue weighted by atomic mass is 10.0. The predicted molar refractivity (Wildman–Crippen MR) is 114 cm³/mol. The van der Waals surface area contributed by atoms with Gasteiger partial charge in [0.2, 0.25) is 0 Å². The first-order chi connectivity index (χ1) is 14.2. The highest BCUT2D eigenvalue weighted by molar-refractivity contribution is 9.10. The summed E-state index contributed by atoms with van der Waals surface area (Å²) in [6, 6.07) is 12.4. The van der Waals surface area contributed by atoms with E-state index in [0.29, 0.717) is 11.3 Å². The molecule has 0 aromatic heterocycles. The summed E-state index contributed by atoms with van der Waals surface area (Å²) in [5.41, 5.74) is 0.758. The number of amides is 2. The van der Waals surface area contributed by atoms with E-state index < -0.39 is 29.7 Å². The van der Waals surface area contributed by atoms with E-state index in [-0.39, 0.29) is 11.3 Å². The fourth-order valence-corrected chi connectivity index (χ4v) is 2.89. The minimum absolute atomic E-state index is 0.111. The molecule has 0 aliphatic heterocycles. The average molecular weight is 474 g/mol. The Kier molecular flexibility index (Phi) is 8.17. The van der Waals surface area contributed by atoms with Gasteiger partial charge in [-0.2, -0.15) is 0 Å². The number of ether oxygens (including phenoxy) is 1. The first-order valence-electron chi connectivity index (χ1n) is 9.16. The Balaban J connectivity index is 2.38. The number of carbonyl (C=O) groups excluding carboxylic acids is 3. The third-order valence-corrected chi connectivity index (χ3v) is 4.76. The molecule has 30 heavy (non-hydrogen) atoms. The van der Waals surface area contributed by atoms with Gasteiger partial charge in [0.25, 0.3) is 11.8 Å². The number of hydrogen-bond acceptors (Lipinski definition) is 5. The van der Waals surface area contributed by atoms with Crippen LogP contribution in [0, 0.1) is 5.92 Å². The maximum absolute atomic E-state index is 12.8. The van der Waals surface area contributed by atoms with Gasteiger partial charge >= 0.3 is 0 Å². The smallest absolute Gasteiger partial charge is 0.268 e. The third-order valence-electron chi connectivity index (χ3n) is 4.23. The number of hydrogen-bond donors (Lipinski definition) is 2. The number of carbonyl (C=O) groups is 3. The van der Waals surface area contributed by atoms with Gasteiger partial charge in [0.05, 0.1) is 24.7 Å². The zero-order valence-corrected chi connectivity index (χ0v) is 18.4. The highest BCUT2D eigenvalue weighted by Gasteiger charge is 2.22. The topological polar surface area (TPSA) is 108 Å². The summed E-state index contributed by atoms with van der Waals surface area (Å²) in [7, 11) is 1.44. The van der Waals surface area contributed by atoms with Gasteiger partial charge in [-0.3, -0.25) is 9.59 Å². The maximum Gasteiger partial charge on any atom is 0.268 e. The van der Waals surface area contributed by atoms with Crippen molar-refractivity contribution in [2.24, 2.45) is 5.92 Å². The van der Waals surface area contributed by atoms with E-state index in [1.165, 1.54) is 13.2 Å². The minimum Gasteiger partial charge on any atom is -0.548 e. The van der Waals surface area contributed by atoms with Crippen LogP contribution in [0.15, 0.2) is 58.7 Å². The van der Waals surface area contributed by atoms with E-state index in [1.54, 1.807) is 62.4 Å². The molecular weight excluding hydrogens is 452 g/mol. The molecule has 0 fully saturated rings. The fraction of sp³-hybridized carbons (Fsp3) is 0.227. The molecular formula is C22H22BrN2O5-. The molecule has 2 aromatic rings. The summed E-state index contributed by atoms with van der Waals surface area (Å²) in [5, 5.41) is 16.3. The van der Waals surface area contributed by atoms with Crippen LogP contribution in [0.25, 0.3) is 6.08 Å². The zero-order valence-electron chi connectivity index (χ0n) is 16.8. The molecule has 0 heterocycles. The maximum atomic E-state index is 12.8. The summed E-state index contributed by atoms with van der Waals surface area (Å²) < 4.78 is 6.04. The van der Waals surface area contributed by atoms with Crippen molar-refractivity contribution in [3.8, 4) is 5.75 Å². The molecule has 0 spiro atoms. The van der Waals surface area contributed by atoms with Crippen LogP contribution in [0.4, 0.5) is 0 Å². The standard InChI is InChI=1S/C22H23BrN2O5/c1-13(2)19(22(28)29)25-21(27)17(12-14-8-10-15(23)11-9-14)24-20(26)16-6-4-5-7-18(16)30-3/h4-13,19H,1-3H3,(H,24,26)(H,25,27)(H,28,29)/p-1/b17-12-/t19-/m0/s1. The van der Waals surface area contributed by atoms with Crippen LogP contribution in [-0.4, -0.2) is 30.9 Å². The van der Waals surface area contributed by atoms with E-state index >= 15 is 0 Å². The summed E-state index contributed by atoms with van der Waals surface area (Å²) >= 11 is 3.34. The van der Waals surface area contributed by atoms with Gasteiger partial charge in [-0.1, -0.05) is 54.0 Å². The SMILES string of the molecule is COc1ccccc1C(=O)N/C(=C\c1ccc(Br)cc1)C(=O)N[C@H](C(=O)[O-])C(C)C. The van der Waals surface area contributed by atoms with E-state index in [9.17, 15) is 19.5 Å². The molecule has 8 heteroatoms. The quantitative estimate of drug-likeness (QED) is 0.570. The van der Waals surface area contributed by atoms with E-state index in [4.69, 9.17) is 4.74 Å². The van der Waals surface area contributed by atoms with Gasteiger partial charge in [0, 0.05) is 4.47 Å². The highest BCUT2D eigenvalue weighted by Crippen LogP contribution is 2.18. The van der Waals surface area contributed by atoms with Crippen molar-refractivity contribution < 1.29 is 24.2 Å². The van der Waals surface area contributed by atoms with Gasteiger partial charge in [-0.05, 0) is 41.8 Å². The lowest BCUT2D eigenvalue weighted by Gasteiger charge is -2.24. The van der Waals surface area contributed by atoms with Gasteiger partial charge in [-0.15, -0.1) is 0 Å². The fourth-order valence-electron chi connectivity index (χ4n) is 2.62. The Morgan fingerprint density at radius 1 is 1.07 bits per heavy atom. The summed E-state index contributed by atoms with van der Waals surface area (Å²) in [6.45, 7) is 3.29. The van der Waals surface area contributed by atoms with Crippen molar-refractivity contribution in [3.05, 3.63) is 69.8 Å². The van der Waals surface area contributed by atoms with E-state index in [0.717, 1.165) is 4.47 Å². The lowest BCUT2D eigenvalue weighted by Crippen LogP contribution is -2.52. The summed E-state index contributed by atoms with van der Waals surface area (Å²) in [4.78, 5) is 37.0. The molecule has 7 nitrogen and oxygen atoms in total. The summed E-state index contributed by atoms with van der Waals surface area (Å²) in [6.07, 6.45) is 1.46. The van der Waals surface area contributed by atoms with Crippen molar-refractivity contribution in [2.45, 2.75) is 19.9 Å². The lowest BCUT2D eigenvalue weighted by molar-refractivity contribution is -0.309. The van der Waals surface area contributed by atoms with Crippen LogP contribution in [0.2, 0.25) is 0 Å². The average Bonchev–Trinajstić information content (AvgIpc) is 2.72. The predicted octanol–water partition coefficient (Wildman–Crippen LogP) is 2.12. The molecule has 2 rings (SSSR count). The second-order valence-electron chi connectivity index (χ2n) is 6.78. The molecule has 2 amide bonds. The Bertz CT molecular complexity index is 954. The number of carboxylic acids is 1. The molecule has 158 valence electrons. The molecule has 0 bridgehead atoms. The molecule has 0 unspecified atom stereocenters. The van der Waals surface area contributed by atoms with Gasteiger partial charge in [0.1, 0.15) is 11.4 Å². The highest BCUT2D eigenvalue weighted by atomic mass is 79.9. The van der Waals surface area contributed by atoms with Crippen LogP contribution in [0.1, 0.15) is 29.8 Å². The number of benzene rings is 2. The zero-order chi connectivity index (χ0) is 22.3. The Labute approximate surface area is 183 Å². The number of para-hydroxylation sites is 1. The van der Waals surface area contributed by atoms with Crippen molar-refractivity contribution in [1.82, 2.24) is 10.6 Å². The van der Waals surface area contributed by atoms with Crippen molar-refractivity contribution in [1.29, 1.82) is 0 Å². The molecule has 2 N–H and O–H groups in total. The number of methoxy groups -OCH3 is 1. The molecule has 0 aliphatic carbocycles. The van der Waals surface area contributed by atoms with Crippen LogP contribution in [-0.2, 0) is 9.59 Å². The second kappa shape index (κ2) is 10.6. The van der Waals surface area contributed by atoms with Gasteiger partial charge < -0.3 is 25.3 Å². The minimum atomic E-state index is -1.41. The van der Waals surface area contributed by atoms with Crippen molar-refractivity contribution in [3.63, 3.8) is 0 Å². The van der Waals surface area contributed by atoms with Crippen molar-refractivity contribution >= 4 is 39.8 Å². The van der Waals surface area contributed by atoms with Gasteiger partial charge in [0.15, 0.2) is 0 Å². The first kappa shape index (κ1) is 23.2. The second-order valence-corrected chi connectivity index (χ2v) is 7.69. The molecule has 2 aromatic carbocycles. The number of aliphatic carboxylic acids is 1. The number of carboxylic acid groups (broad SMARTS) is 1. The Morgan fingerprint density at radius 3 is 2.27 bits per heavy atom. The van der Waals surface area contributed by atoms with Crippen LogP contribution in [0.5, 0.6) is 5.75 Å². The number of halogens is 1. The first-order valence-corrected chi connectivity index (χ1v) is 9.95. The molecule has 0 aliphatic rings. The molecule has 1 atom stereocenters. The Morgan fingerprint density at radius 2 is 1.70 bits per heavy atom. The van der Waals surface area contributed by atoms with Crippen LogP contribution in [0.3, 0.4) is 0 Å². The summed E-state index contributed by atoms with van der Waals surface area (Å²) in [5.74, 6) is -2.78. The number of rotatable bonds is 8. The monoisotopic (exact) mass is 473 g/mol. The molecule has 0 radical (unpaired) electrons. The normalized spacial score (nSPS) is 12.2. The van der Waals surface area contributed by atoms with Crippen LogP contribution >= 0.6 is 15.9 Å². The van der Waals surface area contributed by atoms with E-state index in [2.05, 4.69) is 26.6 Å². The third kappa shape index (κ3) is 6.18. The Hall–Kier alpha value is -3.13. The van der Waals surface area contributed by atoms with Crippen LogP contribution < -0.4 is 20.5 Å². The molecule has 0 saturated heterocycles. The molecule has 0 saturated carbocycles. The van der Waals surface area contributed by atoms with Gasteiger partial charge in [-0.25, -0.2) is 0 Å². The van der Waals surface area contributed by atoms with Crippen molar-refractivity contribution in [2.75, 3.05) is 7.11 Å². The largest absolute Gasteiger partial charge is 0.548 e. The number of nitrogens with one attached hydrogen (secondary N) is 2. The van der Waals surface area contributed by atoms with E-state index in [1.807, 2.05) is 0 Å².